The summed E-state index contributed by atoms with van der Waals surface area (Å²) < 4.78 is 13.1. The summed E-state index contributed by atoms with van der Waals surface area (Å²) in [6.45, 7) is 8.33. The van der Waals surface area contributed by atoms with Crippen LogP contribution in [0.25, 0.3) is 0 Å². The molecule has 0 saturated carbocycles. The van der Waals surface area contributed by atoms with Crippen LogP contribution < -0.4 is 14.7 Å². The number of nitrogens with zero attached hydrogens (tertiary/aromatic N) is 1. The van der Waals surface area contributed by atoms with E-state index in [9.17, 15) is 4.39 Å². The predicted molar refractivity (Wildman–Crippen MR) is 103 cm³/mol. The minimum Gasteiger partial charge on any atom is -0.360 e. The van der Waals surface area contributed by atoms with E-state index in [1.165, 1.54) is 51.1 Å². The smallest absolute Gasteiger partial charge is 0.123 e. The fourth-order valence-corrected chi connectivity index (χ4v) is 4.61. The molecule has 0 radical (unpaired) electrons. The molecule has 2 aliphatic heterocycles. The van der Waals surface area contributed by atoms with Crippen LogP contribution in [0, 0.1) is 5.82 Å². The second-order valence-electron chi connectivity index (χ2n) is 7.81. The molecule has 4 rings (SSSR count). The van der Waals surface area contributed by atoms with Gasteiger partial charge in [0.2, 0.25) is 0 Å². The third kappa shape index (κ3) is 4.25. The van der Waals surface area contributed by atoms with E-state index < -0.39 is 0 Å². The zero-order valence-corrected chi connectivity index (χ0v) is 15.5. The molecule has 0 bridgehead atoms. The monoisotopic (exact) mass is 355 g/mol. The molecule has 138 valence electrons. The molecule has 2 saturated heterocycles. The van der Waals surface area contributed by atoms with Crippen LogP contribution in [0.2, 0.25) is 0 Å². The molecule has 2 heterocycles. The molecule has 3 nitrogen and oxygen atoms in total. The molecular weight excluding hydrogens is 325 g/mol. The molecule has 4 heteroatoms. The van der Waals surface area contributed by atoms with Gasteiger partial charge in [-0.1, -0.05) is 30.3 Å². The van der Waals surface area contributed by atoms with Crippen LogP contribution >= 0.6 is 0 Å². The summed E-state index contributed by atoms with van der Waals surface area (Å²) >= 11 is 0. The minimum atomic E-state index is -0.150. The number of halogens is 1. The first-order chi connectivity index (χ1) is 12.8. The minimum absolute atomic E-state index is 0.150. The van der Waals surface area contributed by atoms with Gasteiger partial charge in [-0.05, 0) is 24.3 Å². The van der Waals surface area contributed by atoms with Gasteiger partial charge in [-0.25, -0.2) is 4.39 Å². The average Bonchev–Trinajstić information content (AvgIpc) is 2.70. The molecule has 0 atom stereocenters. The number of benzene rings is 2. The highest BCUT2D eigenvalue weighted by Crippen LogP contribution is 2.14. The van der Waals surface area contributed by atoms with Crippen molar-refractivity contribution in [2.24, 2.45) is 0 Å². The zero-order valence-electron chi connectivity index (χ0n) is 15.5. The van der Waals surface area contributed by atoms with Crippen LogP contribution in [-0.4, -0.2) is 45.3 Å². The highest BCUT2D eigenvalue weighted by Gasteiger charge is 2.32. The van der Waals surface area contributed by atoms with E-state index in [0.29, 0.717) is 0 Å². The van der Waals surface area contributed by atoms with Gasteiger partial charge in [0.1, 0.15) is 12.4 Å². The van der Waals surface area contributed by atoms with Crippen molar-refractivity contribution >= 4 is 5.69 Å². The summed E-state index contributed by atoms with van der Waals surface area (Å²) in [4.78, 5) is 5.91. The summed E-state index contributed by atoms with van der Waals surface area (Å²) in [7, 11) is 0. The van der Waals surface area contributed by atoms with Crippen molar-refractivity contribution < 1.29 is 14.2 Å². The third-order valence-corrected chi connectivity index (χ3v) is 6.16. The van der Waals surface area contributed by atoms with Crippen LogP contribution in [0.4, 0.5) is 10.1 Å². The van der Waals surface area contributed by atoms with Crippen LogP contribution in [-0.2, 0) is 6.54 Å². The Hall–Kier alpha value is -1.91. The van der Waals surface area contributed by atoms with Crippen molar-refractivity contribution in [3.63, 3.8) is 0 Å². The van der Waals surface area contributed by atoms with Crippen molar-refractivity contribution in [2.75, 3.05) is 44.2 Å². The number of nitrogens with one attached hydrogen (secondary N) is 2. The SMILES string of the molecule is Fc1ccc(N2CC[NH+](C3CC[NH+](Cc4ccccc4)CC3)CC2)cc1. The largest absolute Gasteiger partial charge is 0.360 e. The maximum atomic E-state index is 13.1. The third-order valence-electron chi connectivity index (χ3n) is 6.16. The Morgan fingerprint density at radius 3 is 2.15 bits per heavy atom. The number of hydrogen-bond acceptors (Lipinski definition) is 1. The van der Waals surface area contributed by atoms with Crippen LogP contribution in [0.1, 0.15) is 18.4 Å². The number of anilines is 1. The van der Waals surface area contributed by atoms with Gasteiger partial charge < -0.3 is 14.7 Å². The van der Waals surface area contributed by atoms with Gasteiger partial charge in [-0.15, -0.1) is 0 Å². The van der Waals surface area contributed by atoms with Crippen LogP contribution in [0.15, 0.2) is 54.6 Å². The molecule has 0 unspecified atom stereocenters. The normalized spacial score (nSPS) is 24.6. The molecule has 2 aromatic carbocycles. The molecule has 0 aliphatic carbocycles. The van der Waals surface area contributed by atoms with Gasteiger partial charge in [0.25, 0.3) is 0 Å². The van der Waals surface area contributed by atoms with Crippen LogP contribution in [0.5, 0.6) is 0 Å². The summed E-state index contributed by atoms with van der Waals surface area (Å²) in [5, 5.41) is 0. The van der Waals surface area contributed by atoms with E-state index >= 15 is 0 Å². The van der Waals surface area contributed by atoms with Crippen molar-refractivity contribution in [2.45, 2.75) is 25.4 Å². The van der Waals surface area contributed by atoms with E-state index in [1.807, 2.05) is 12.1 Å². The maximum Gasteiger partial charge on any atom is 0.123 e. The molecule has 0 amide bonds. The predicted octanol–water partition coefficient (Wildman–Crippen LogP) is 0.778. The molecule has 2 fully saturated rings. The highest BCUT2D eigenvalue weighted by molar-refractivity contribution is 5.46. The molecule has 2 aromatic rings. The average molecular weight is 356 g/mol. The lowest BCUT2D eigenvalue weighted by molar-refractivity contribution is -0.963. The molecular formula is C22H30FN3+2. The highest BCUT2D eigenvalue weighted by atomic mass is 19.1. The first-order valence-electron chi connectivity index (χ1n) is 10.0. The maximum absolute atomic E-state index is 13.1. The Bertz CT molecular complexity index is 672. The molecule has 0 aromatic heterocycles. The van der Waals surface area contributed by atoms with E-state index in [-0.39, 0.29) is 5.82 Å². The van der Waals surface area contributed by atoms with Crippen molar-refractivity contribution in [3.8, 4) is 0 Å². The van der Waals surface area contributed by atoms with Gasteiger partial charge in [0.05, 0.1) is 45.3 Å². The Balaban J connectivity index is 1.24. The first-order valence-corrected chi connectivity index (χ1v) is 10.0. The standard InChI is InChI=1S/C22H28FN3/c23-20-6-8-21(9-7-20)25-14-16-26(17-15-25)22-10-12-24(13-11-22)18-19-4-2-1-3-5-19/h1-9,22H,10-18H2/p+2. The van der Waals surface area contributed by atoms with Gasteiger partial charge in [-0.3, -0.25) is 0 Å². The Morgan fingerprint density at radius 2 is 1.50 bits per heavy atom. The quantitative estimate of drug-likeness (QED) is 0.826. The molecule has 2 N–H and O–H groups in total. The fraction of sp³-hybridized carbons (Fsp3) is 0.455. The Morgan fingerprint density at radius 1 is 0.846 bits per heavy atom. The fourth-order valence-electron chi connectivity index (χ4n) is 4.61. The van der Waals surface area contributed by atoms with Crippen molar-refractivity contribution in [1.82, 2.24) is 0 Å². The lowest BCUT2D eigenvalue weighted by atomic mass is 10.0. The van der Waals surface area contributed by atoms with E-state index in [4.69, 9.17) is 0 Å². The lowest BCUT2D eigenvalue weighted by Crippen LogP contribution is -3.21. The first kappa shape index (κ1) is 17.5. The number of piperazine rings is 1. The Kier molecular flexibility index (Phi) is 5.51. The van der Waals surface area contributed by atoms with Gasteiger partial charge in [0, 0.05) is 24.1 Å². The summed E-state index contributed by atoms with van der Waals surface area (Å²) in [5.74, 6) is -0.150. The molecule has 0 spiro atoms. The topological polar surface area (TPSA) is 12.1 Å². The number of piperidine rings is 1. The summed E-state index contributed by atoms with van der Waals surface area (Å²) in [6, 6.07) is 18.7. The van der Waals surface area contributed by atoms with E-state index in [2.05, 4.69) is 35.2 Å². The van der Waals surface area contributed by atoms with Gasteiger partial charge >= 0.3 is 0 Å². The summed E-state index contributed by atoms with van der Waals surface area (Å²) in [6.07, 6.45) is 2.68. The zero-order chi connectivity index (χ0) is 17.8. The van der Waals surface area contributed by atoms with E-state index in [1.54, 1.807) is 21.9 Å². The van der Waals surface area contributed by atoms with E-state index in [0.717, 1.165) is 24.8 Å². The lowest BCUT2D eigenvalue weighted by Gasteiger charge is -2.39. The summed E-state index contributed by atoms with van der Waals surface area (Å²) in [5.41, 5.74) is 2.62. The number of quaternary nitrogens is 2. The van der Waals surface area contributed by atoms with Gasteiger partial charge in [0.15, 0.2) is 0 Å². The second kappa shape index (κ2) is 8.19. The molecule has 26 heavy (non-hydrogen) atoms. The van der Waals surface area contributed by atoms with Crippen molar-refractivity contribution in [1.29, 1.82) is 0 Å². The van der Waals surface area contributed by atoms with Crippen LogP contribution in [0.3, 0.4) is 0 Å². The van der Waals surface area contributed by atoms with Gasteiger partial charge in [-0.2, -0.15) is 0 Å². The number of likely N-dealkylation sites (tertiary alicyclic amines) is 1. The number of hydrogen-bond donors (Lipinski definition) is 2. The number of rotatable bonds is 4. The second-order valence-corrected chi connectivity index (χ2v) is 7.81. The Labute approximate surface area is 156 Å². The van der Waals surface area contributed by atoms with Crippen molar-refractivity contribution in [3.05, 3.63) is 66.0 Å². The molecule has 2 aliphatic rings.